The molecule has 1 aliphatic carbocycles. The lowest BCUT2D eigenvalue weighted by atomic mass is 9.65. The molecule has 0 aliphatic heterocycles. The minimum absolute atomic E-state index is 0.0274. The van der Waals surface area contributed by atoms with Gasteiger partial charge in [-0.15, -0.1) is 0 Å². The van der Waals surface area contributed by atoms with Gasteiger partial charge in [0.2, 0.25) is 0 Å². The summed E-state index contributed by atoms with van der Waals surface area (Å²) in [7, 11) is 0. The molecule has 0 aromatic heterocycles. The fourth-order valence-corrected chi connectivity index (χ4v) is 3.46. The molecular weight excluding hydrogens is 360 g/mol. The van der Waals surface area contributed by atoms with E-state index in [0.29, 0.717) is 11.5 Å². The van der Waals surface area contributed by atoms with E-state index in [2.05, 4.69) is 0 Å². The zero-order chi connectivity index (χ0) is 21.2. The first-order valence-corrected chi connectivity index (χ1v) is 9.15. The molecule has 0 unspecified atom stereocenters. The normalized spacial score (nSPS) is 14.5. The Morgan fingerprint density at radius 1 is 0.679 bits per heavy atom. The van der Waals surface area contributed by atoms with Gasteiger partial charge in [-0.25, -0.2) is 0 Å². The van der Waals surface area contributed by atoms with E-state index in [-0.39, 0.29) is 5.41 Å². The first-order valence-electron chi connectivity index (χ1n) is 9.15. The van der Waals surface area contributed by atoms with Crippen molar-refractivity contribution in [2.75, 3.05) is 0 Å². The average Bonchev–Trinajstić information content (AvgIpc) is 2.62. The summed E-state index contributed by atoms with van der Waals surface area (Å²) in [5.74, 6) is -1.05. The maximum Gasteiger partial charge on any atom is 0.300 e. The third-order valence-electron chi connectivity index (χ3n) is 4.55. The molecule has 6 heteroatoms. The molecule has 1 saturated carbocycles. The molecule has 2 aromatic rings. The van der Waals surface area contributed by atoms with Crippen LogP contribution in [0.3, 0.4) is 0 Å². The number of phenolic OH excluding ortho intramolecular Hbond substituents is 2. The minimum atomic E-state index is -0.833. The number of aliphatic carboxylic acids is 2. The van der Waals surface area contributed by atoms with Crippen LogP contribution in [0.15, 0.2) is 48.5 Å². The molecular formula is C22H28O6. The first kappa shape index (κ1) is 23.0. The number of carboxylic acids is 2. The molecule has 28 heavy (non-hydrogen) atoms. The molecule has 4 N–H and O–H groups in total. The number of carboxylic acid groups (broad SMARTS) is 2. The lowest BCUT2D eigenvalue weighted by Crippen LogP contribution is -2.30. The van der Waals surface area contributed by atoms with Gasteiger partial charge in [-0.2, -0.15) is 0 Å². The monoisotopic (exact) mass is 388 g/mol. The van der Waals surface area contributed by atoms with Gasteiger partial charge in [0.1, 0.15) is 11.5 Å². The molecule has 0 heterocycles. The first-order chi connectivity index (χ1) is 13.2. The van der Waals surface area contributed by atoms with Gasteiger partial charge in [0.25, 0.3) is 11.9 Å². The molecule has 0 saturated heterocycles. The van der Waals surface area contributed by atoms with E-state index in [9.17, 15) is 10.2 Å². The fourth-order valence-electron chi connectivity index (χ4n) is 3.46. The highest BCUT2D eigenvalue weighted by molar-refractivity contribution is 5.63. The molecule has 2 aromatic carbocycles. The van der Waals surface area contributed by atoms with Crippen LogP contribution >= 0.6 is 0 Å². The smallest absolute Gasteiger partial charge is 0.300 e. The highest BCUT2D eigenvalue weighted by atomic mass is 16.4. The van der Waals surface area contributed by atoms with Crippen molar-refractivity contribution in [1.29, 1.82) is 0 Å². The van der Waals surface area contributed by atoms with Crippen LogP contribution in [0.5, 0.6) is 11.5 Å². The van der Waals surface area contributed by atoms with Crippen LogP contribution in [0.25, 0.3) is 0 Å². The zero-order valence-corrected chi connectivity index (χ0v) is 16.3. The molecule has 1 fully saturated rings. The molecule has 0 spiro atoms. The van der Waals surface area contributed by atoms with E-state index in [1.54, 1.807) is 24.3 Å². The summed E-state index contributed by atoms with van der Waals surface area (Å²) in [6.45, 7) is 2.17. The van der Waals surface area contributed by atoms with Gasteiger partial charge in [-0.3, -0.25) is 9.59 Å². The highest BCUT2D eigenvalue weighted by Gasteiger charge is 2.35. The fraction of sp³-hybridized carbons (Fsp3) is 0.364. The van der Waals surface area contributed by atoms with Crippen LogP contribution in [0.1, 0.15) is 57.1 Å². The predicted octanol–water partition coefficient (Wildman–Crippen LogP) is 4.53. The quantitative estimate of drug-likeness (QED) is 0.601. The van der Waals surface area contributed by atoms with Gasteiger partial charge in [-0.05, 0) is 48.2 Å². The number of hydrogen-bond acceptors (Lipinski definition) is 4. The van der Waals surface area contributed by atoms with Gasteiger partial charge < -0.3 is 20.4 Å². The summed E-state index contributed by atoms with van der Waals surface area (Å²) in [6.07, 6.45) is 5.99. The van der Waals surface area contributed by atoms with Crippen molar-refractivity contribution in [2.24, 2.45) is 0 Å². The van der Waals surface area contributed by atoms with E-state index in [1.165, 1.54) is 30.4 Å². The van der Waals surface area contributed by atoms with Crippen LogP contribution in [0.4, 0.5) is 0 Å². The summed E-state index contributed by atoms with van der Waals surface area (Å²) < 4.78 is 0. The number of rotatable bonds is 2. The Balaban J connectivity index is 0.000000420. The van der Waals surface area contributed by atoms with Crippen molar-refractivity contribution in [1.82, 2.24) is 0 Å². The minimum Gasteiger partial charge on any atom is -0.508 e. The number of phenols is 2. The third kappa shape index (κ3) is 7.31. The van der Waals surface area contributed by atoms with Crippen LogP contribution in [0.2, 0.25) is 0 Å². The lowest BCUT2D eigenvalue weighted by molar-refractivity contribution is -0.135. The summed E-state index contributed by atoms with van der Waals surface area (Å²) in [5, 5.41) is 33.9. The van der Waals surface area contributed by atoms with E-state index in [0.717, 1.165) is 26.7 Å². The van der Waals surface area contributed by atoms with Crippen LogP contribution in [-0.2, 0) is 15.0 Å². The van der Waals surface area contributed by atoms with E-state index in [4.69, 9.17) is 19.8 Å². The van der Waals surface area contributed by atoms with Gasteiger partial charge in [0.15, 0.2) is 0 Å². The van der Waals surface area contributed by atoms with E-state index in [1.807, 2.05) is 24.3 Å². The molecule has 152 valence electrons. The molecule has 0 atom stereocenters. The maximum absolute atomic E-state index is 9.51. The topological polar surface area (TPSA) is 115 Å². The number of carbonyl (C=O) groups is 2. The average molecular weight is 388 g/mol. The predicted molar refractivity (Wildman–Crippen MR) is 107 cm³/mol. The molecule has 6 nitrogen and oxygen atoms in total. The Morgan fingerprint density at radius 2 is 0.964 bits per heavy atom. The van der Waals surface area contributed by atoms with Crippen molar-refractivity contribution in [3.8, 4) is 11.5 Å². The summed E-state index contributed by atoms with van der Waals surface area (Å²) in [6, 6.07) is 15.2. The standard InChI is InChI=1S/C18H20O2.2C2H4O2/c19-16-8-4-14(5-9-16)18(12-2-1-3-13-18)15-6-10-17(20)11-7-15;2*1-2(3)4/h4-11,19-20H,1-3,12-13H2;2*1H3,(H,3,4). The molecule has 3 rings (SSSR count). The molecule has 0 bridgehead atoms. The Kier molecular flexibility index (Phi) is 9.02. The summed E-state index contributed by atoms with van der Waals surface area (Å²) in [5.41, 5.74) is 2.56. The van der Waals surface area contributed by atoms with Crippen LogP contribution in [-0.4, -0.2) is 32.4 Å². The lowest BCUT2D eigenvalue weighted by Gasteiger charge is -2.38. The largest absolute Gasteiger partial charge is 0.508 e. The van der Waals surface area contributed by atoms with Crippen LogP contribution in [0, 0.1) is 0 Å². The Morgan fingerprint density at radius 3 is 1.25 bits per heavy atom. The van der Waals surface area contributed by atoms with E-state index < -0.39 is 11.9 Å². The van der Waals surface area contributed by atoms with Crippen molar-refractivity contribution in [3.05, 3.63) is 59.7 Å². The number of aromatic hydroxyl groups is 2. The maximum atomic E-state index is 9.51. The van der Waals surface area contributed by atoms with Gasteiger partial charge in [0.05, 0.1) is 0 Å². The molecule has 0 amide bonds. The number of benzene rings is 2. The summed E-state index contributed by atoms with van der Waals surface area (Å²) in [4.78, 5) is 18.0. The van der Waals surface area contributed by atoms with Crippen molar-refractivity contribution < 1.29 is 30.0 Å². The SMILES string of the molecule is CC(=O)O.CC(=O)O.Oc1ccc(C2(c3ccc(O)cc3)CCCCC2)cc1. The van der Waals surface area contributed by atoms with Gasteiger partial charge in [-0.1, -0.05) is 43.5 Å². The number of hydrogen-bond donors (Lipinski definition) is 4. The van der Waals surface area contributed by atoms with Gasteiger partial charge >= 0.3 is 0 Å². The molecule has 1 aliphatic rings. The Labute approximate surface area is 165 Å². The highest BCUT2D eigenvalue weighted by Crippen LogP contribution is 2.45. The van der Waals surface area contributed by atoms with Crippen LogP contribution < -0.4 is 0 Å². The second-order valence-electron chi connectivity index (χ2n) is 6.77. The Bertz CT molecular complexity index is 676. The second kappa shape index (κ2) is 11.0. The Hall–Kier alpha value is -3.02. The van der Waals surface area contributed by atoms with Crippen molar-refractivity contribution in [2.45, 2.75) is 51.4 Å². The second-order valence-corrected chi connectivity index (χ2v) is 6.77. The summed E-state index contributed by atoms with van der Waals surface area (Å²) >= 11 is 0. The molecule has 0 radical (unpaired) electrons. The third-order valence-corrected chi connectivity index (χ3v) is 4.55. The van der Waals surface area contributed by atoms with Crippen molar-refractivity contribution in [3.63, 3.8) is 0 Å². The zero-order valence-electron chi connectivity index (χ0n) is 16.3. The van der Waals surface area contributed by atoms with Gasteiger partial charge in [0, 0.05) is 19.3 Å². The van der Waals surface area contributed by atoms with E-state index >= 15 is 0 Å². The van der Waals surface area contributed by atoms with Crippen molar-refractivity contribution >= 4 is 11.9 Å².